The Labute approximate surface area is 130 Å². The van der Waals surface area contributed by atoms with Crippen LogP contribution >= 0.6 is 0 Å². The maximum Gasteiger partial charge on any atom is 0.237 e. The first kappa shape index (κ1) is 18.4. The van der Waals surface area contributed by atoms with Crippen LogP contribution in [0.5, 0.6) is 0 Å². The van der Waals surface area contributed by atoms with Crippen molar-refractivity contribution in [1.82, 2.24) is 10.2 Å². The summed E-state index contributed by atoms with van der Waals surface area (Å²) in [6.45, 7) is 9.37. The van der Waals surface area contributed by atoms with Crippen LogP contribution < -0.4 is 11.1 Å². The number of carbonyl (C=O) groups excluding carboxylic acids is 1. The second kappa shape index (κ2) is 8.14. The molecule has 0 aliphatic heterocycles. The summed E-state index contributed by atoms with van der Waals surface area (Å²) in [5.74, 6) is 0.568. The topological polar surface area (TPSA) is 58.4 Å². The van der Waals surface area contributed by atoms with Crippen LogP contribution in [0.1, 0.15) is 66.2 Å². The minimum atomic E-state index is -0.631. The number of amides is 1. The zero-order valence-corrected chi connectivity index (χ0v) is 14.6. The van der Waals surface area contributed by atoms with Crippen molar-refractivity contribution in [1.29, 1.82) is 0 Å². The second-order valence-electron chi connectivity index (χ2n) is 7.49. The van der Waals surface area contributed by atoms with Crippen molar-refractivity contribution < 1.29 is 4.79 Å². The Balaban J connectivity index is 2.55. The molecule has 0 saturated heterocycles. The van der Waals surface area contributed by atoms with E-state index in [1.165, 1.54) is 32.1 Å². The fourth-order valence-corrected chi connectivity index (χ4v) is 3.57. The summed E-state index contributed by atoms with van der Waals surface area (Å²) in [6.07, 6.45) is 7.61. The van der Waals surface area contributed by atoms with E-state index in [0.29, 0.717) is 6.04 Å². The second-order valence-corrected chi connectivity index (χ2v) is 7.49. The van der Waals surface area contributed by atoms with Gasteiger partial charge in [-0.2, -0.15) is 0 Å². The first-order valence-electron chi connectivity index (χ1n) is 8.52. The van der Waals surface area contributed by atoms with Gasteiger partial charge >= 0.3 is 0 Å². The number of rotatable bonds is 8. The Hall–Kier alpha value is -0.610. The van der Waals surface area contributed by atoms with E-state index in [0.717, 1.165) is 18.9 Å². The third-order valence-corrected chi connectivity index (χ3v) is 4.88. The Morgan fingerprint density at radius 2 is 1.86 bits per heavy atom. The standard InChI is InChI=1S/C17H35N3O/c1-13(2)19-17(4,16(18)21)11-14(3)20(5)12-15-9-7-6-8-10-15/h13-15,19H,6-12H2,1-5H3,(H2,18,21). The lowest BCUT2D eigenvalue weighted by Crippen LogP contribution is -2.58. The Bertz CT molecular complexity index is 326. The smallest absolute Gasteiger partial charge is 0.237 e. The van der Waals surface area contributed by atoms with Gasteiger partial charge in [0.2, 0.25) is 5.91 Å². The maximum absolute atomic E-state index is 11.8. The van der Waals surface area contributed by atoms with E-state index in [4.69, 9.17) is 5.73 Å². The average Bonchev–Trinajstić information content (AvgIpc) is 2.38. The molecule has 1 aliphatic rings. The van der Waals surface area contributed by atoms with Crippen LogP contribution in [0.15, 0.2) is 0 Å². The number of hydrogen-bond donors (Lipinski definition) is 2. The van der Waals surface area contributed by atoms with E-state index in [1.54, 1.807) is 0 Å². The van der Waals surface area contributed by atoms with Crippen LogP contribution in [-0.4, -0.2) is 42.0 Å². The van der Waals surface area contributed by atoms with Crippen molar-refractivity contribution in [3.63, 3.8) is 0 Å². The molecule has 3 N–H and O–H groups in total. The highest BCUT2D eigenvalue weighted by Gasteiger charge is 2.34. The maximum atomic E-state index is 11.8. The van der Waals surface area contributed by atoms with Crippen LogP contribution in [0.2, 0.25) is 0 Å². The highest BCUT2D eigenvalue weighted by Crippen LogP contribution is 2.25. The summed E-state index contributed by atoms with van der Waals surface area (Å²) in [6, 6.07) is 0.592. The molecule has 1 rings (SSSR count). The van der Waals surface area contributed by atoms with Gasteiger partial charge in [0, 0.05) is 18.6 Å². The summed E-state index contributed by atoms with van der Waals surface area (Å²) in [4.78, 5) is 14.2. The van der Waals surface area contributed by atoms with E-state index in [1.807, 2.05) is 6.92 Å². The molecule has 2 unspecified atom stereocenters. The summed E-state index contributed by atoms with van der Waals surface area (Å²) < 4.78 is 0. The van der Waals surface area contributed by atoms with Crippen molar-refractivity contribution in [2.45, 2.75) is 83.8 Å². The monoisotopic (exact) mass is 297 g/mol. The van der Waals surface area contributed by atoms with Crippen molar-refractivity contribution in [3.8, 4) is 0 Å². The van der Waals surface area contributed by atoms with Crippen molar-refractivity contribution >= 4 is 5.91 Å². The first-order valence-corrected chi connectivity index (χ1v) is 8.52. The van der Waals surface area contributed by atoms with E-state index in [-0.39, 0.29) is 11.9 Å². The van der Waals surface area contributed by atoms with Crippen LogP contribution in [0.25, 0.3) is 0 Å². The van der Waals surface area contributed by atoms with Crippen molar-refractivity contribution in [2.24, 2.45) is 11.7 Å². The van der Waals surface area contributed by atoms with E-state index < -0.39 is 5.54 Å². The third-order valence-electron chi connectivity index (χ3n) is 4.88. The summed E-state index contributed by atoms with van der Waals surface area (Å²) in [7, 11) is 2.18. The Morgan fingerprint density at radius 1 is 1.29 bits per heavy atom. The molecule has 4 heteroatoms. The van der Waals surface area contributed by atoms with Gasteiger partial charge in [-0.05, 0) is 59.9 Å². The molecule has 124 valence electrons. The van der Waals surface area contributed by atoms with Gasteiger partial charge in [0.25, 0.3) is 0 Å². The Morgan fingerprint density at radius 3 is 2.33 bits per heavy atom. The van der Waals surface area contributed by atoms with Crippen molar-refractivity contribution in [2.75, 3.05) is 13.6 Å². The van der Waals surface area contributed by atoms with Crippen LogP contribution in [0, 0.1) is 5.92 Å². The molecule has 2 atom stereocenters. The van der Waals surface area contributed by atoms with Gasteiger partial charge in [-0.25, -0.2) is 0 Å². The number of primary amides is 1. The molecule has 0 bridgehead atoms. The van der Waals surface area contributed by atoms with E-state index >= 15 is 0 Å². The Kier molecular flexibility index (Phi) is 7.14. The highest BCUT2D eigenvalue weighted by molar-refractivity contribution is 5.84. The number of nitrogens with one attached hydrogen (secondary N) is 1. The zero-order chi connectivity index (χ0) is 16.0. The summed E-state index contributed by atoms with van der Waals surface area (Å²) in [5, 5.41) is 3.34. The predicted octanol–water partition coefficient (Wildman–Crippen LogP) is 2.52. The molecular weight excluding hydrogens is 262 g/mol. The molecule has 0 radical (unpaired) electrons. The van der Waals surface area contributed by atoms with Gasteiger partial charge < -0.3 is 16.0 Å². The lowest BCUT2D eigenvalue weighted by molar-refractivity contribution is -0.124. The molecule has 0 heterocycles. The molecule has 1 amide bonds. The number of nitrogens with two attached hydrogens (primary N) is 1. The minimum absolute atomic E-state index is 0.248. The lowest BCUT2D eigenvalue weighted by Gasteiger charge is -2.37. The van der Waals surface area contributed by atoms with E-state index in [2.05, 4.69) is 38.0 Å². The average molecular weight is 297 g/mol. The molecule has 1 saturated carbocycles. The molecular formula is C17H35N3O. The molecule has 0 aromatic heterocycles. The fraction of sp³-hybridized carbons (Fsp3) is 0.941. The molecule has 1 fully saturated rings. The summed E-state index contributed by atoms with van der Waals surface area (Å²) in [5.41, 5.74) is 5.00. The fourth-order valence-electron chi connectivity index (χ4n) is 3.57. The quantitative estimate of drug-likeness (QED) is 0.724. The first-order chi connectivity index (χ1) is 9.74. The molecule has 0 spiro atoms. The number of carbonyl (C=O) groups is 1. The SMILES string of the molecule is CC(C)NC(C)(CC(C)N(C)CC1CCCCC1)C(N)=O. The zero-order valence-electron chi connectivity index (χ0n) is 14.6. The molecule has 0 aromatic carbocycles. The van der Waals surface area contributed by atoms with E-state index in [9.17, 15) is 4.79 Å². The van der Waals surface area contributed by atoms with Crippen LogP contribution in [0.4, 0.5) is 0 Å². The number of nitrogens with zero attached hydrogens (tertiary/aromatic N) is 1. The largest absolute Gasteiger partial charge is 0.368 e. The third kappa shape index (κ3) is 5.95. The summed E-state index contributed by atoms with van der Waals surface area (Å²) >= 11 is 0. The van der Waals surface area contributed by atoms with Gasteiger partial charge in [-0.1, -0.05) is 19.3 Å². The molecule has 1 aliphatic carbocycles. The van der Waals surface area contributed by atoms with Gasteiger partial charge in [-0.15, -0.1) is 0 Å². The lowest BCUT2D eigenvalue weighted by atomic mass is 9.87. The van der Waals surface area contributed by atoms with Gasteiger partial charge in [-0.3, -0.25) is 4.79 Å². The molecule has 21 heavy (non-hydrogen) atoms. The van der Waals surface area contributed by atoms with Gasteiger partial charge in [0.15, 0.2) is 0 Å². The van der Waals surface area contributed by atoms with Gasteiger partial charge in [0.05, 0.1) is 5.54 Å². The van der Waals surface area contributed by atoms with Gasteiger partial charge in [0.1, 0.15) is 0 Å². The van der Waals surface area contributed by atoms with Crippen LogP contribution in [0.3, 0.4) is 0 Å². The molecule has 0 aromatic rings. The predicted molar refractivity (Wildman–Crippen MR) is 89.2 cm³/mol. The highest BCUT2D eigenvalue weighted by atomic mass is 16.1. The van der Waals surface area contributed by atoms with Crippen LogP contribution in [-0.2, 0) is 4.79 Å². The number of hydrogen-bond acceptors (Lipinski definition) is 3. The normalized spacial score (nSPS) is 21.5. The minimum Gasteiger partial charge on any atom is -0.368 e. The molecule has 4 nitrogen and oxygen atoms in total. The van der Waals surface area contributed by atoms with Crippen molar-refractivity contribution in [3.05, 3.63) is 0 Å².